The zero-order chi connectivity index (χ0) is 7.40. The van der Waals surface area contributed by atoms with Crippen LogP contribution in [0.4, 0.5) is 0 Å². The lowest BCUT2D eigenvalue weighted by Gasteiger charge is -2.01. The summed E-state index contributed by atoms with van der Waals surface area (Å²) in [6.07, 6.45) is 3.54. The van der Waals surface area contributed by atoms with E-state index in [0.29, 0.717) is 0 Å². The minimum atomic E-state index is 0.112. The highest BCUT2D eigenvalue weighted by Gasteiger charge is 1.98. The summed E-state index contributed by atoms with van der Waals surface area (Å²) < 4.78 is 0. The number of hydrogen-bond acceptors (Lipinski definition) is 1. The average molecular weight is 132 g/mol. The van der Waals surface area contributed by atoms with Crippen LogP contribution in [-0.2, 0) is 0 Å². The molecule has 1 unspecified atom stereocenters. The van der Waals surface area contributed by atoms with Crippen molar-refractivity contribution < 1.29 is 0 Å². The molecule has 1 aromatic heterocycles. The first-order valence-electron chi connectivity index (χ1n) is 3.21. The number of rotatable bonds is 2. The Bertz CT molecular complexity index is 203. The number of aromatic nitrogens is 1. The van der Waals surface area contributed by atoms with Gasteiger partial charge in [0.15, 0.2) is 0 Å². The van der Waals surface area contributed by atoms with Gasteiger partial charge in [0, 0.05) is 17.8 Å². The Hall–Kier alpha value is -1.11. The van der Waals surface area contributed by atoms with Crippen LogP contribution in [0.25, 0.3) is 0 Å². The van der Waals surface area contributed by atoms with Gasteiger partial charge in [0.2, 0.25) is 0 Å². The normalized spacial score (nSPS) is 12.5. The minimum Gasteiger partial charge on any atom is -0.261 e. The lowest BCUT2D eigenvalue weighted by atomic mass is 10.1. The predicted octanol–water partition coefficient (Wildman–Crippen LogP) is 2.19. The van der Waals surface area contributed by atoms with Gasteiger partial charge in [-0.05, 0) is 19.1 Å². The van der Waals surface area contributed by atoms with Crippen molar-refractivity contribution in [1.82, 2.24) is 4.98 Å². The van der Waals surface area contributed by atoms with Gasteiger partial charge in [-0.2, -0.15) is 0 Å². The molecule has 0 aliphatic rings. The Kier molecular flexibility index (Phi) is 2.21. The molecule has 0 aliphatic heterocycles. The molecule has 1 radical (unpaired) electrons. The highest BCUT2D eigenvalue weighted by atomic mass is 14.7. The molecule has 0 aromatic carbocycles. The van der Waals surface area contributed by atoms with Gasteiger partial charge in [0.25, 0.3) is 0 Å². The van der Waals surface area contributed by atoms with Gasteiger partial charge in [-0.15, -0.1) is 6.58 Å². The molecule has 1 heteroatoms. The van der Waals surface area contributed by atoms with Gasteiger partial charge in [0.1, 0.15) is 0 Å². The second kappa shape index (κ2) is 3.16. The van der Waals surface area contributed by atoms with Crippen LogP contribution in [0.2, 0.25) is 0 Å². The van der Waals surface area contributed by atoms with Gasteiger partial charge in [0.05, 0.1) is 0 Å². The third-order valence-corrected chi connectivity index (χ3v) is 1.35. The van der Waals surface area contributed by atoms with Crippen molar-refractivity contribution in [3.8, 4) is 0 Å². The molecule has 0 saturated heterocycles. The quantitative estimate of drug-likeness (QED) is 0.562. The van der Waals surface area contributed by atoms with Crippen molar-refractivity contribution in [2.75, 3.05) is 0 Å². The topological polar surface area (TPSA) is 12.9 Å². The SMILES string of the molecule is [CH2]C(C=C)c1ccccn1. The first-order chi connectivity index (χ1) is 4.84. The van der Waals surface area contributed by atoms with Crippen molar-refractivity contribution >= 4 is 0 Å². The minimum absolute atomic E-state index is 0.112. The summed E-state index contributed by atoms with van der Waals surface area (Å²) in [6.45, 7) is 7.48. The molecule has 1 heterocycles. The van der Waals surface area contributed by atoms with Gasteiger partial charge < -0.3 is 0 Å². The van der Waals surface area contributed by atoms with Crippen LogP contribution in [0, 0.1) is 6.92 Å². The summed E-state index contributed by atoms with van der Waals surface area (Å²) in [4.78, 5) is 4.12. The summed E-state index contributed by atoms with van der Waals surface area (Å²) in [5, 5.41) is 0. The largest absolute Gasteiger partial charge is 0.261 e. The maximum absolute atomic E-state index is 4.12. The van der Waals surface area contributed by atoms with Crippen LogP contribution in [0.3, 0.4) is 0 Å². The maximum atomic E-state index is 4.12. The smallest absolute Gasteiger partial charge is 0.0472 e. The van der Waals surface area contributed by atoms with Crippen molar-refractivity contribution in [2.45, 2.75) is 5.92 Å². The maximum Gasteiger partial charge on any atom is 0.0472 e. The molecule has 0 amide bonds. The fourth-order valence-electron chi connectivity index (χ4n) is 0.716. The third kappa shape index (κ3) is 1.44. The Morgan fingerprint density at radius 3 is 2.80 bits per heavy atom. The highest BCUT2D eigenvalue weighted by Crippen LogP contribution is 2.10. The van der Waals surface area contributed by atoms with E-state index in [1.807, 2.05) is 18.2 Å². The van der Waals surface area contributed by atoms with E-state index in [2.05, 4.69) is 18.5 Å². The van der Waals surface area contributed by atoms with Crippen molar-refractivity contribution in [3.63, 3.8) is 0 Å². The van der Waals surface area contributed by atoms with Crippen molar-refractivity contribution in [1.29, 1.82) is 0 Å². The molecule has 0 aliphatic carbocycles. The molecule has 1 nitrogen and oxygen atoms in total. The summed E-state index contributed by atoms with van der Waals surface area (Å²) in [5.41, 5.74) is 0.970. The number of allylic oxidation sites excluding steroid dienone is 1. The summed E-state index contributed by atoms with van der Waals surface area (Å²) in [6, 6.07) is 5.78. The predicted molar refractivity (Wildman–Crippen MR) is 42.5 cm³/mol. The number of hydrogen-bond donors (Lipinski definition) is 0. The van der Waals surface area contributed by atoms with E-state index >= 15 is 0 Å². The molecule has 51 valence electrons. The van der Waals surface area contributed by atoms with Crippen LogP contribution in [0.1, 0.15) is 11.6 Å². The van der Waals surface area contributed by atoms with Crippen LogP contribution in [0.15, 0.2) is 37.1 Å². The van der Waals surface area contributed by atoms with Gasteiger partial charge in [-0.25, -0.2) is 0 Å². The van der Waals surface area contributed by atoms with Gasteiger partial charge in [-0.3, -0.25) is 4.98 Å². The van der Waals surface area contributed by atoms with E-state index in [0.717, 1.165) is 5.69 Å². The first kappa shape index (κ1) is 7.00. The molecule has 1 rings (SSSR count). The zero-order valence-corrected chi connectivity index (χ0v) is 5.83. The molecule has 0 saturated carbocycles. The Labute approximate surface area is 61.4 Å². The standard InChI is InChI=1S/C9H10N/c1-3-8(2)9-6-4-5-7-10-9/h3-8H,1-2H2. The van der Waals surface area contributed by atoms with E-state index in [-0.39, 0.29) is 5.92 Å². The first-order valence-corrected chi connectivity index (χ1v) is 3.21. The molecule has 1 atom stereocenters. The Morgan fingerprint density at radius 2 is 2.30 bits per heavy atom. The molecule has 1 aromatic rings. The van der Waals surface area contributed by atoms with E-state index in [4.69, 9.17) is 0 Å². The van der Waals surface area contributed by atoms with E-state index in [1.165, 1.54) is 0 Å². The fourth-order valence-corrected chi connectivity index (χ4v) is 0.716. The van der Waals surface area contributed by atoms with Crippen LogP contribution in [0.5, 0.6) is 0 Å². The van der Waals surface area contributed by atoms with Crippen LogP contribution in [-0.4, -0.2) is 4.98 Å². The third-order valence-electron chi connectivity index (χ3n) is 1.35. The second-order valence-corrected chi connectivity index (χ2v) is 2.10. The van der Waals surface area contributed by atoms with Gasteiger partial charge in [-0.1, -0.05) is 12.1 Å². The molecule has 0 fully saturated rings. The molecule has 10 heavy (non-hydrogen) atoms. The summed E-state index contributed by atoms with van der Waals surface area (Å²) in [7, 11) is 0. The van der Waals surface area contributed by atoms with Crippen LogP contribution < -0.4 is 0 Å². The monoisotopic (exact) mass is 132 g/mol. The number of pyridine rings is 1. The molecule has 0 bridgehead atoms. The number of nitrogens with zero attached hydrogens (tertiary/aromatic N) is 1. The second-order valence-electron chi connectivity index (χ2n) is 2.10. The van der Waals surface area contributed by atoms with Crippen LogP contribution >= 0.6 is 0 Å². The lowest BCUT2D eigenvalue weighted by molar-refractivity contribution is 0.993. The summed E-state index contributed by atoms with van der Waals surface area (Å²) >= 11 is 0. The lowest BCUT2D eigenvalue weighted by Crippen LogP contribution is -1.91. The Morgan fingerprint density at radius 1 is 1.50 bits per heavy atom. The van der Waals surface area contributed by atoms with E-state index in [1.54, 1.807) is 12.3 Å². The highest BCUT2D eigenvalue weighted by molar-refractivity contribution is 5.15. The van der Waals surface area contributed by atoms with E-state index in [9.17, 15) is 0 Å². The van der Waals surface area contributed by atoms with E-state index < -0.39 is 0 Å². The Balaban J connectivity index is 2.84. The summed E-state index contributed by atoms with van der Waals surface area (Å²) in [5.74, 6) is 0.112. The van der Waals surface area contributed by atoms with Crippen molar-refractivity contribution in [3.05, 3.63) is 49.7 Å². The fraction of sp³-hybridized carbons (Fsp3) is 0.111. The molecular weight excluding hydrogens is 122 g/mol. The molecular formula is C9H10N. The zero-order valence-electron chi connectivity index (χ0n) is 5.83. The molecule has 0 N–H and O–H groups in total. The van der Waals surface area contributed by atoms with Crippen molar-refractivity contribution in [2.24, 2.45) is 0 Å². The molecule has 0 spiro atoms. The van der Waals surface area contributed by atoms with Gasteiger partial charge >= 0.3 is 0 Å². The average Bonchev–Trinajstić information content (AvgIpc) is 2.05.